The largest absolute Gasteiger partial charge is 0.444 e. The first kappa shape index (κ1) is 18.2. The van der Waals surface area contributed by atoms with Crippen LogP contribution in [-0.4, -0.2) is 35.8 Å². The number of nitrogens with zero attached hydrogens (tertiary/aromatic N) is 1. The molecule has 0 aliphatic heterocycles. The minimum absolute atomic E-state index is 0.320. The molecular weight excluding hydrogens is 310 g/mol. The molecule has 3 unspecified atom stereocenters. The predicted molar refractivity (Wildman–Crippen MR) is 93.9 cm³/mol. The Balaban J connectivity index is 1.73. The Kier molecular flexibility index (Phi) is 6.41. The molecule has 5 nitrogen and oxygen atoms in total. The van der Waals surface area contributed by atoms with E-state index in [2.05, 4.69) is 22.5 Å². The Hall–Kier alpha value is -1.14. The molecule has 1 amide bonds. The first-order valence-electron chi connectivity index (χ1n) is 8.45. The van der Waals surface area contributed by atoms with Crippen molar-refractivity contribution in [3.63, 3.8) is 0 Å². The van der Waals surface area contributed by atoms with Crippen LogP contribution < -0.4 is 10.6 Å². The Labute approximate surface area is 143 Å². The zero-order valence-electron chi connectivity index (χ0n) is 14.6. The lowest BCUT2D eigenvalue weighted by Crippen LogP contribution is -2.41. The van der Waals surface area contributed by atoms with Crippen molar-refractivity contribution in [2.45, 2.75) is 64.5 Å². The molecule has 130 valence electrons. The fourth-order valence-electron chi connectivity index (χ4n) is 2.97. The number of alkyl carbamates (subject to hydrolysis) is 1. The molecule has 1 heterocycles. The molecule has 1 saturated carbocycles. The average molecular weight is 340 g/mol. The molecule has 1 fully saturated rings. The van der Waals surface area contributed by atoms with Crippen molar-refractivity contribution in [1.82, 2.24) is 15.6 Å². The minimum atomic E-state index is -0.444. The van der Waals surface area contributed by atoms with Gasteiger partial charge in [-0.2, -0.15) is 0 Å². The summed E-state index contributed by atoms with van der Waals surface area (Å²) in [5.41, 5.74) is -0.444. The predicted octanol–water partition coefficient (Wildman–Crippen LogP) is 3.53. The van der Waals surface area contributed by atoms with Gasteiger partial charge < -0.3 is 15.4 Å². The van der Waals surface area contributed by atoms with E-state index in [0.717, 1.165) is 13.0 Å². The summed E-state index contributed by atoms with van der Waals surface area (Å²) in [6.45, 7) is 9.46. The van der Waals surface area contributed by atoms with Gasteiger partial charge in [0.1, 0.15) is 5.60 Å². The summed E-state index contributed by atoms with van der Waals surface area (Å²) in [5.74, 6) is 0.904. The van der Waals surface area contributed by atoms with Gasteiger partial charge in [0, 0.05) is 36.6 Å². The minimum Gasteiger partial charge on any atom is -0.444 e. The Morgan fingerprint density at radius 1 is 1.48 bits per heavy atom. The molecular formula is C17H29N3O2S. The molecule has 1 aliphatic carbocycles. The molecule has 1 aromatic heterocycles. The maximum atomic E-state index is 11.8. The number of hydrogen-bond acceptors (Lipinski definition) is 5. The van der Waals surface area contributed by atoms with E-state index < -0.39 is 5.60 Å². The number of rotatable bonds is 6. The van der Waals surface area contributed by atoms with Crippen molar-refractivity contribution >= 4 is 17.4 Å². The van der Waals surface area contributed by atoms with Crippen LogP contribution in [0.5, 0.6) is 0 Å². The van der Waals surface area contributed by atoms with Crippen LogP contribution in [0, 0.1) is 5.92 Å². The lowest BCUT2D eigenvalue weighted by atomic mass is 10.0. The maximum Gasteiger partial charge on any atom is 0.407 e. The lowest BCUT2D eigenvalue weighted by Gasteiger charge is -2.24. The third-order valence-corrected chi connectivity index (χ3v) is 5.13. The molecule has 2 N–H and O–H groups in total. The number of nitrogens with one attached hydrogen (secondary N) is 2. The van der Waals surface area contributed by atoms with Gasteiger partial charge in [-0.05, 0) is 39.5 Å². The van der Waals surface area contributed by atoms with Crippen molar-refractivity contribution < 1.29 is 9.53 Å². The maximum absolute atomic E-state index is 11.8. The quantitative estimate of drug-likeness (QED) is 0.832. The average Bonchev–Trinajstić information content (AvgIpc) is 3.12. The highest BCUT2D eigenvalue weighted by Gasteiger charge is 2.28. The molecule has 6 heteroatoms. The van der Waals surface area contributed by atoms with Crippen LogP contribution in [0.1, 0.15) is 57.9 Å². The topological polar surface area (TPSA) is 63.2 Å². The number of thiazole rings is 1. The van der Waals surface area contributed by atoms with Gasteiger partial charge in [0.2, 0.25) is 0 Å². The van der Waals surface area contributed by atoms with Gasteiger partial charge in [0.25, 0.3) is 0 Å². The highest BCUT2D eigenvalue weighted by molar-refractivity contribution is 7.09. The molecule has 0 aromatic carbocycles. The Morgan fingerprint density at radius 3 is 2.91 bits per heavy atom. The summed E-state index contributed by atoms with van der Waals surface area (Å²) < 4.78 is 5.30. The molecule has 3 atom stereocenters. The second kappa shape index (κ2) is 8.11. The summed E-state index contributed by atoms with van der Waals surface area (Å²) in [6, 6.07) is 0.465. The summed E-state index contributed by atoms with van der Waals surface area (Å²) in [7, 11) is 0. The Bertz CT molecular complexity index is 485. The number of aromatic nitrogens is 1. The number of hydrogen-bond donors (Lipinski definition) is 2. The molecule has 1 aromatic rings. The third-order valence-electron chi connectivity index (χ3n) is 4.13. The van der Waals surface area contributed by atoms with Crippen LogP contribution in [-0.2, 0) is 4.74 Å². The molecule has 2 rings (SSSR count). The highest BCUT2D eigenvalue weighted by Crippen LogP contribution is 2.26. The molecule has 0 spiro atoms. The van der Waals surface area contributed by atoms with Gasteiger partial charge in [-0.25, -0.2) is 9.78 Å². The van der Waals surface area contributed by atoms with Gasteiger partial charge in [-0.1, -0.05) is 13.3 Å². The van der Waals surface area contributed by atoms with E-state index in [1.165, 1.54) is 17.8 Å². The van der Waals surface area contributed by atoms with E-state index in [4.69, 9.17) is 4.74 Å². The van der Waals surface area contributed by atoms with Gasteiger partial charge in [-0.15, -0.1) is 11.3 Å². The summed E-state index contributed by atoms with van der Waals surface area (Å²) in [6.07, 6.45) is 5.08. The van der Waals surface area contributed by atoms with Crippen molar-refractivity contribution in [2.24, 2.45) is 5.92 Å². The lowest BCUT2D eigenvalue weighted by molar-refractivity contribution is 0.0517. The van der Waals surface area contributed by atoms with Gasteiger partial charge in [0.15, 0.2) is 0 Å². The molecule has 0 bridgehead atoms. The zero-order valence-corrected chi connectivity index (χ0v) is 15.4. The van der Waals surface area contributed by atoms with Crippen molar-refractivity contribution in [3.8, 4) is 0 Å². The smallest absolute Gasteiger partial charge is 0.407 e. The van der Waals surface area contributed by atoms with Gasteiger partial charge in [-0.3, -0.25) is 0 Å². The van der Waals surface area contributed by atoms with Crippen LogP contribution in [0.4, 0.5) is 4.79 Å². The van der Waals surface area contributed by atoms with E-state index in [9.17, 15) is 4.79 Å². The second-order valence-corrected chi connectivity index (χ2v) is 8.29. The van der Waals surface area contributed by atoms with E-state index in [0.29, 0.717) is 24.4 Å². The second-order valence-electron chi connectivity index (χ2n) is 7.36. The van der Waals surface area contributed by atoms with Crippen molar-refractivity contribution in [1.29, 1.82) is 0 Å². The zero-order chi connectivity index (χ0) is 16.9. The summed E-state index contributed by atoms with van der Waals surface area (Å²) in [5, 5.41) is 9.78. The normalized spacial score (nSPS) is 22.8. The summed E-state index contributed by atoms with van der Waals surface area (Å²) in [4.78, 5) is 16.2. The summed E-state index contributed by atoms with van der Waals surface area (Å²) >= 11 is 1.71. The number of amides is 1. The van der Waals surface area contributed by atoms with Crippen LogP contribution in [0.3, 0.4) is 0 Å². The van der Waals surface area contributed by atoms with Crippen LogP contribution in [0.25, 0.3) is 0 Å². The Morgan fingerprint density at radius 2 is 2.26 bits per heavy atom. The van der Waals surface area contributed by atoms with Crippen LogP contribution in [0.2, 0.25) is 0 Å². The molecule has 0 saturated heterocycles. The number of ether oxygens (including phenoxy) is 1. The molecule has 23 heavy (non-hydrogen) atoms. The fraction of sp³-hybridized carbons (Fsp3) is 0.765. The third kappa shape index (κ3) is 6.11. The number of carbonyl (C=O) groups is 1. The van der Waals surface area contributed by atoms with Crippen molar-refractivity contribution in [3.05, 3.63) is 16.6 Å². The standard InChI is InChI=1S/C17H29N3O2S/c1-12(15-18-8-9-23-15)10-19-14-7-5-6-13(14)11-20-16(21)22-17(2,3)4/h8-9,12-14,19H,5-7,10-11H2,1-4H3,(H,20,21). The van der Waals surface area contributed by atoms with Crippen LogP contribution in [0.15, 0.2) is 11.6 Å². The van der Waals surface area contributed by atoms with Gasteiger partial charge >= 0.3 is 6.09 Å². The molecule has 0 radical (unpaired) electrons. The molecule has 1 aliphatic rings. The fourth-order valence-corrected chi connectivity index (χ4v) is 3.67. The monoisotopic (exact) mass is 339 g/mol. The van der Waals surface area contributed by atoms with Gasteiger partial charge in [0.05, 0.1) is 5.01 Å². The van der Waals surface area contributed by atoms with E-state index >= 15 is 0 Å². The first-order chi connectivity index (χ1) is 10.8. The van der Waals surface area contributed by atoms with Crippen molar-refractivity contribution in [2.75, 3.05) is 13.1 Å². The number of carbonyl (C=O) groups excluding carboxylic acids is 1. The van der Waals surface area contributed by atoms with E-state index in [1.54, 1.807) is 11.3 Å². The highest BCUT2D eigenvalue weighted by atomic mass is 32.1. The van der Waals surface area contributed by atoms with Crippen LogP contribution >= 0.6 is 11.3 Å². The van der Waals surface area contributed by atoms with E-state index in [1.807, 2.05) is 32.3 Å². The SMILES string of the molecule is CC(CNC1CCCC1CNC(=O)OC(C)(C)C)c1nccs1. The first-order valence-corrected chi connectivity index (χ1v) is 9.33. The van der Waals surface area contributed by atoms with E-state index in [-0.39, 0.29) is 6.09 Å².